The molecule has 5 nitrogen and oxygen atoms in total. The van der Waals surface area contributed by atoms with Crippen LogP contribution >= 0.6 is 11.6 Å². The van der Waals surface area contributed by atoms with Crippen LogP contribution in [0.2, 0.25) is 5.02 Å². The number of ether oxygens (including phenoxy) is 1. The number of carbonyl (C=O) groups excluding carboxylic acids is 1. The van der Waals surface area contributed by atoms with Gasteiger partial charge in [-0.3, -0.25) is 14.9 Å². The fourth-order valence-corrected chi connectivity index (χ4v) is 1.99. The summed E-state index contributed by atoms with van der Waals surface area (Å²) in [5, 5.41) is 11.2. The molecule has 22 heavy (non-hydrogen) atoms. The summed E-state index contributed by atoms with van der Waals surface area (Å²) in [5.41, 5.74) is -0.0724. The monoisotopic (exact) mass is 323 g/mol. The molecular formula is C15H11ClFNO4. The molecule has 0 aliphatic carbocycles. The first-order chi connectivity index (χ1) is 10.4. The number of benzene rings is 2. The van der Waals surface area contributed by atoms with Crippen LogP contribution in [0.15, 0.2) is 42.5 Å². The lowest BCUT2D eigenvalue weighted by molar-refractivity contribution is -0.386. The summed E-state index contributed by atoms with van der Waals surface area (Å²) in [6.45, 7) is 1.46. The van der Waals surface area contributed by atoms with E-state index in [1.165, 1.54) is 31.2 Å². The van der Waals surface area contributed by atoms with Crippen molar-refractivity contribution in [2.75, 3.05) is 0 Å². The van der Waals surface area contributed by atoms with Gasteiger partial charge in [-0.05, 0) is 43.3 Å². The Hall–Kier alpha value is -2.47. The van der Waals surface area contributed by atoms with Crippen LogP contribution in [-0.2, 0) is 0 Å². The van der Waals surface area contributed by atoms with E-state index >= 15 is 0 Å². The zero-order chi connectivity index (χ0) is 16.3. The Morgan fingerprint density at radius 1 is 1.27 bits per heavy atom. The number of Topliss-reactive ketones (excluding diaryl/α,β-unsaturated/α-hetero) is 1. The normalized spacial score (nSPS) is 11.8. The third kappa shape index (κ3) is 3.59. The molecule has 0 saturated carbocycles. The zero-order valence-electron chi connectivity index (χ0n) is 11.5. The van der Waals surface area contributed by atoms with Gasteiger partial charge in [0.15, 0.2) is 11.9 Å². The number of nitro benzene ring substituents is 1. The Kier molecular flexibility index (Phi) is 4.72. The maximum Gasteiger partial charge on any atom is 0.312 e. The zero-order valence-corrected chi connectivity index (χ0v) is 12.2. The minimum Gasteiger partial charge on any atom is -0.475 e. The number of hydrogen-bond acceptors (Lipinski definition) is 4. The number of rotatable bonds is 5. The highest BCUT2D eigenvalue weighted by molar-refractivity contribution is 6.30. The van der Waals surface area contributed by atoms with Crippen LogP contribution in [0, 0.1) is 15.9 Å². The first-order valence-corrected chi connectivity index (χ1v) is 6.66. The Labute approximate surface area is 130 Å². The lowest BCUT2D eigenvalue weighted by Gasteiger charge is -2.14. The van der Waals surface area contributed by atoms with Crippen LogP contribution in [0.4, 0.5) is 10.1 Å². The molecule has 0 amide bonds. The van der Waals surface area contributed by atoms with E-state index in [1.807, 2.05) is 0 Å². The lowest BCUT2D eigenvalue weighted by Crippen LogP contribution is -2.24. The standard InChI is InChI=1S/C15H11ClFNO4/c1-9(15(19)10-2-5-12(17)6-3-10)22-14-7-4-11(16)8-13(14)18(20)21/h2-9H,1H3/t9-/m0/s1. The van der Waals surface area contributed by atoms with Crippen molar-refractivity contribution in [3.63, 3.8) is 0 Å². The third-order valence-corrected chi connectivity index (χ3v) is 3.15. The molecule has 0 saturated heterocycles. The quantitative estimate of drug-likeness (QED) is 0.473. The molecule has 0 N–H and O–H groups in total. The molecule has 0 spiro atoms. The highest BCUT2D eigenvalue weighted by Crippen LogP contribution is 2.31. The molecule has 0 aliphatic rings. The molecule has 2 aromatic carbocycles. The van der Waals surface area contributed by atoms with E-state index in [2.05, 4.69) is 0 Å². The van der Waals surface area contributed by atoms with Crippen molar-refractivity contribution in [1.29, 1.82) is 0 Å². The molecule has 0 fully saturated rings. The van der Waals surface area contributed by atoms with E-state index in [0.717, 1.165) is 18.2 Å². The van der Waals surface area contributed by atoms with E-state index < -0.39 is 22.6 Å². The van der Waals surface area contributed by atoms with E-state index in [-0.39, 0.29) is 22.0 Å². The minimum atomic E-state index is -0.967. The molecule has 2 aromatic rings. The summed E-state index contributed by atoms with van der Waals surface area (Å²) >= 11 is 5.71. The summed E-state index contributed by atoms with van der Waals surface area (Å²) in [6.07, 6.45) is -0.967. The van der Waals surface area contributed by atoms with Gasteiger partial charge in [-0.25, -0.2) is 4.39 Å². The van der Waals surface area contributed by atoms with Crippen LogP contribution in [-0.4, -0.2) is 16.8 Å². The number of hydrogen-bond donors (Lipinski definition) is 0. The van der Waals surface area contributed by atoms with Crippen molar-refractivity contribution in [2.45, 2.75) is 13.0 Å². The molecule has 0 unspecified atom stereocenters. The maximum atomic E-state index is 12.8. The Morgan fingerprint density at radius 2 is 1.91 bits per heavy atom. The van der Waals surface area contributed by atoms with Gasteiger partial charge in [0.05, 0.1) is 4.92 Å². The highest BCUT2D eigenvalue weighted by atomic mass is 35.5. The number of ketones is 1. The summed E-state index contributed by atoms with van der Waals surface area (Å²) in [5.74, 6) is -0.930. The van der Waals surface area contributed by atoms with E-state index in [9.17, 15) is 19.3 Å². The van der Waals surface area contributed by atoms with Gasteiger partial charge in [-0.2, -0.15) is 0 Å². The molecule has 1 atom stereocenters. The molecule has 0 bridgehead atoms. The van der Waals surface area contributed by atoms with Crippen molar-refractivity contribution in [3.05, 3.63) is 69.0 Å². The summed E-state index contributed by atoms with van der Waals surface area (Å²) in [6, 6.07) is 8.87. The van der Waals surface area contributed by atoms with Gasteiger partial charge in [0.2, 0.25) is 5.78 Å². The van der Waals surface area contributed by atoms with Gasteiger partial charge in [-0.1, -0.05) is 11.6 Å². The fourth-order valence-electron chi connectivity index (χ4n) is 1.83. The van der Waals surface area contributed by atoms with Crippen LogP contribution in [0.3, 0.4) is 0 Å². The van der Waals surface area contributed by atoms with Gasteiger partial charge in [0, 0.05) is 16.7 Å². The second-order valence-corrected chi connectivity index (χ2v) is 4.94. The molecule has 7 heteroatoms. The third-order valence-electron chi connectivity index (χ3n) is 2.92. The van der Waals surface area contributed by atoms with Crippen molar-refractivity contribution in [1.82, 2.24) is 0 Å². The van der Waals surface area contributed by atoms with Gasteiger partial charge < -0.3 is 4.74 Å². The van der Waals surface area contributed by atoms with Crippen LogP contribution in [0.1, 0.15) is 17.3 Å². The van der Waals surface area contributed by atoms with Crippen LogP contribution in [0.25, 0.3) is 0 Å². The smallest absolute Gasteiger partial charge is 0.312 e. The molecular weight excluding hydrogens is 313 g/mol. The number of carbonyl (C=O) groups is 1. The van der Waals surface area contributed by atoms with Gasteiger partial charge in [-0.15, -0.1) is 0 Å². The first kappa shape index (κ1) is 15.9. The predicted molar refractivity (Wildman–Crippen MR) is 78.9 cm³/mol. The first-order valence-electron chi connectivity index (χ1n) is 6.29. The van der Waals surface area contributed by atoms with Crippen LogP contribution in [0.5, 0.6) is 5.75 Å². The Bertz CT molecular complexity index is 718. The Morgan fingerprint density at radius 3 is 2.50 bits per heavy atom. The molecule has 0 radical (unpaired) electrons. The molecule has 0 aliphatic heterocycles. The molecule has 0 heterocycles. The second kappa shape index (κ2) is 6.53. The Balaban J connectivity index is 2.21. The largest absolute Gasteiger partial charge is 0.475 e. The number of halogens is 2. The summed E-state index contributed by atoms with van der Waals surface area (Å²) in [4.78, 5) is 22.5. The number of nitrogens with zero attached hydrogens (tertiary/aromatic N) is 1. The van der Waals surface area contributed by atoms with Gasteiger partial charge in [0.1, 0.15) is 5.82 Å². The van der Waals surface area contributed by atoms with E-state index in [0.29, 0.717) is 0 Å². The van der Waals surface area contributed by atoms with Crippen molar-refractivity contribution >= 4 is 23.1 Å². The van der Waals surface area contributed by atoms with E-state index in [1.54, 1.807) is 0 Å². The van der Waals surface area contributed by atoms with Crippen molar-refractivity contribution < 1.29 is 18.8 Å². The van der Waals surface area contributed by atoms with Gasteiger partial charge >= 0.3 is 5.69 Å². The molecule has 0 aromatic heterocycles. The predicted octanol–water partition coefficient (Wildman–Crippen LogP) is 4.04. The van der Waals surface area contributed by atoms with Crippen molar-refractivity contribution in [2.24, 2.45) is 0 Å². The van der Waals surface area contributed by atoms with Crippen molar-refractivity contribution in [3.8, 4) is 5.75 Å². The lowest BCUT2D eigenvalue weighted by atomic mass is 10.1. The highest BCUT2D eigenvalue weighted by Gasteiger charge is 2.22. The minimum absolute atomic E-state index is 0.0580. The average molecular weight is 324 g/mol. The average Bonchev–Trinajstić information content (AvgIpc) is 2.48. The summed E-state index contributed by atoms with van der Waals surface area (Å²) in [7, 11) is 0. The molecule has 114 valence electrons. The molecule has 2 rings (SSSR count). The van der Waals surface area contributed by atoms with Crippen LogP contribution < -0.4 is 4.74 Å². The second-order valence-electron chi connectivity index (χ2n) is 4.50. The van der Waals surface area contributed by atoms with E-state index in [4.69, 9.17) is 16.3 Å². The van der Waals surface area contributed by atoms with Gasteiger partial charge in [0.25, 0.3) is 0 Å². The fraction of sp³-hybridized carbons (Fsp3) is 0.133. The number of nitro groups is 1. The topological polar surface area (TPSA) is 69.4 Å². The maximum absolute atomic E-state index is 12.8. The summed E-state index contributed by atoms with van der Waals surface area (Å²) < 4.78 is 18.2. The SMILES string of the molecule is C[C@H](Oc1ccc(Cl)cc1[N+](=O)[O-])C(=O)c1ccc(F)cc1.